The van der Waals surface area contributed by atoms with Crippen LogP contribution in [-0.2, 0) is 6.54 Å². The van der Waals surface area contributed by atoms with Crippen molar-refractivity contribution in [2.45, 2.75) is 31.4 Å². The number of thioether (sulfide) groups is 1. The molecule has 2 aromatic carbocycles. The summed E-state index contributed by atoms with van der Waals surface area (Å²) in [5.41, 5.74) is 4.52. The smallest absolute Gasteiger partial charge is 0.132 e. The number of nitrogens with zero attached hydrogens (tertiary/aromatic N) is 2. The van der Waals surface area contributed by atoms with Crippen LogP contribution in [0.3, 0.4) is 0 Å². The van der Waals surface area contributed by atoms with Crippen LogP contribution in [0, 0.1) is 13.8 Å². The Morgan fingerprint density at radius 3 is 2.75 bits per heavy atom. The van der Waals surface area contributed by atoms with Gasteiger partial charge in [-0.25, -0.2) is 4.98 Å². The van der Waals surface area contributed by atoms with Crippen LogP contribution >= 0.6 is 11.8 Å². The van der Waals surface area contributed by atoms with Crippen molar-refractivity contribution < 1.29 is 9.84 Å². The second-order valence-corrected chi connectivity index (χ2v) is 7.00. The lowest BCUT2D eigenvalue weighted by Gasteiger charge is -2.13. The van der Waals surface area contributed by atoms with Crippen LogP contribution in [0.2, 0.25) is 0 Å². The number of aliphatic hydroxyl groups is 1. The fraction of sp³-hybridized carbons (Fsp3) is 0.316. The van der Waals surface area contributed by atoms with E-state index in [2.05, 4.69) is 31.0 Å². The highest BCUT2D eigenvalue weighted by Gasteiger charge is 2.12. The van der Waals surface area contributed by atoms with E-state index in [4.69, 9.17) is 4.74 Å². The molecule has 3 aromatic rings. The van der Waals surface area contributed by atoms with Crippen molar-refractivity contribution in [3.63, 3.8) is 0 Å². The first-order valence-electron chi connectivity index (χ1n) is 7.94. The maximum absolute atomic E-state index is 10.4. The van der Waals surface area contributed by atoms with Crippen molar-refractivity contribution in [3.8, 4) is 5.75 Å². The molecule has 1 unspecified atom stereocenters. The van der Waals surface area contributed by atoms with E-state index in [1.54, 1.807) is 25.2 Å². The number of imidazole rings is 1. The first-order valence-corrected chi connectivity index (χ1v) is 8.93. The van der Waals surface area contributed by atoms with Crippen molar-refractivity contribution in [1.29, 1.82) is 0 Å². The number of methoxy groups -OCH3 is 1. The van der Waals surface area contributed by atoms with Gasteiger partial charge in [-0.3, -0.25) is 0 Å². The molecule has 1 heterocycles. The number of hydrogen-bond donors (Lipinski definition) is 1. The minimum Gasteiger partial charge on any atom is -0.496 e. The summed E-state index contributed by atoms with van der Waals surface area (Å²) in [6.07, 6.45) is 1.35. The van der Waals surface area contributed by atoms with Crippen LogP contribution in [0.15, 0.2) is 47.6 Å². The molecular formula is C19H22N2O2S. The van der Waals surface area contributed by atoms with Gasteiger partial charge in [-0.2, -0.15) is 0 Å². The first kappa shape index (κ1) is 16.9. The summed E-state index contributed by atoms with van der Waals surface area (Å²) in [6.45, 7) is 4.72. The molecule has 0 aliphatic carbocycles. The zero-order valence-corrected chi connectivity index (χ0v) is 15.0. The van der Waals surface area contributed by atoms with E-state index in [0.717, 1.165) is 21.7 Å². The largest absolute Gasteiger partial charge is 0.496 e. The van der Waals surface area contributed by atoms with E-state index in [9.17, 15) is 5.11 Å². The van der Waals surface area contributed by atoms with Gasteiger partial charge in [0.05, 0.1) is 37.1 Å². The first-order chi connectivity index (χ1) is 11.6. The molecule has 1 aromatic heterocycles. The highest BCUT2D eigenvalue weighted by atomic mass is 32.2. The van der Waals surface area contributed by atoms with Crippen molar-refractivity contribution in [2.24, 2.45) is 0 Å². The van der Waals surface area contributed by atoms with Crippen LogP contribution in [-0.4, -0.2) is 33.6 Å². The number of aromatic nitrogens is 2. The molecule has 0 saturated heterocycles. The van der Waals surface area contributed by atoms with Gasteiger partial charge in [0.25, 0.3) is 0 Å². The lowest BCUT2D eigenvalue weighted by atomic mass is 10.1. The van der Waals surface area contributed by atoms with Crippen molar-refractivity contribution in [1.82, 2.24) is 9.55 Å². The number of aliphatic hydroxyl groups excluding tert-OH is 1. The quantitative estimate of drug-likeness (QED) is 0.692. The predicted molar refractivity (Wildman–Crippen MR) is 98.9 cm³/mol. The molecule has 1 N–H and O–H groups in total. The van der Waals surface area contributed by atoms with Gasteiger partial charge in [0, 0.05) is 10.6 Å². The normalized spacial score (nSPS) is 12.5. The summed E-state index contributed by atoms with van der Waals surface area (Å²) in [7, 11) is 1.66. The molecule has 3 rings (SSSR count). The van der Waals surface area contributed by atoms with E-state index in [0.29, 0.717) is 12.3 Å². The minimum absolute atomic E-state index is 0.459. The Hall–Kier alpha value is -1.98. The SMILES string of the molecule is COc1ccccc1SCC(O)Cn1cnc2cc(C)c(C)cc21. The summed E-state index contributed by atoms with van der Waals surface area (Å²) >= 11 is 1.60. The molecule has 126 valence electrons. The van der Waals surface area contributed by atoms with Gasteiger partial charge in [0.1, 0.15) is 5.75 Å². The molecule has 0 radical (unpaired) electrons. The Labute approximate surface area is 146 Å². The second kappa shape index (κ2) is 7.28. The second-order valence-electron chi connectivity index (χ2n) is 5.94. The lowest BCUT2D eigenvalue weighted by Crippen LogP contribution is -2.18. The van der Waals surface area contributed by atoms with E-state index < -0.39 is 6.10 Å². The molecule has 0 amide bonds. The van der Waals surface area contributed by atoms with Gasteiger partial charge >= 0.3 is 0 Å². The number of rotatable bonds is 6. The Morgan fingerprint density at radius 2 is 1.96 bits per heavy atom. The van der Waals surface area contributed by atoms with Crippen LogP contribution in [0.5, 0.6) is 5.75 Å². The summed E-state index contributed by atoms with van der Waals surface area (Å²) in [5, 5.41) is 10.4. The average molecular weight is 342 g/mol. The molecule has 0 aliphatic rings. The van der Waals surface area contributed by atoms with E-state index in [1.165, 1.54) is 11.1 Å². The van der Waals surface area contributed by atoms with Gasteiger partial charge < -0.3 is 14.4 Å². The number of fused-ring (bicyclic) bond motifs is 1. The van der Waals surface area contributed by atoms with Gasteiger partial charge in [-0.05, 0) is 49.2 Å². The highest BCUT2D eigenvalue weighted by Crippen LogP contribution is 2.29. The maximum Gasteiger partial charge on any atom is 0.132 e. The third-order valence-corrected chi connectivity index (χ3v) is 5.34. The summed E-state index contributed by atoms with van der Waals surface area (Å²) in [6, 6.07) is 12.1. The number of aryl methyl sites for hydroxylation is 2. The van der Waals surface area contributed by atoms with Gasteiger partial charge in [-0.1, -0.05) is 12.1 Å². The zero-order valence-electron chi connectivity index (χ0n) is 14.2. The molecule has 1 atom stereocenters. The molecule has 0 saturated carbocycles. The number of hydrogen-bond acceptors (Lipinski definition) is 4. The molecule has 5 heteroatoms. The molecule has 0 spiro atoms. The van der Waals surface area contributed by atoms with E-state index in [1.807, 2.05) is 28.8 Å². The monoisotopic (exact) mass is 342 g/mol. The molecule has 4 nitrogen and oxygen atoms in total. The van der Waals surface area contributed by atoms with Crippen molar-refractivity contribution >= 4 is 22.8 Å². The fourth-order valence-electron chi connectivity index (χ4n) is 2.66. The molecule has 0 fully saturated rings. The predicted octanol–water partition coefficient (Wildman–Crippen LogP) is 3.81. The van der Waals surface area contributed by atoms with Gasteiger partial charge in [0.15, 0.2) is 0 Å². The average Bonchev–Trinajstić information content (AvgIpc) is 2.95. The number of ether oxygens (including phenoxy) is 1. The molecular weight excluding hydrogens is 320 g/mol. The third kappa shape index (κ3) is 3.57. The number of para-hydroxylation sites is 1. The topological polar surface area (TPSA) is 47.3 Å². The van der Waals surface area contributed by atoms with Crippen LogP contribution < -0.4 is 4.74 Å². The number of benzene rings is 2. The summed E-state index contributed by atoms with van der Waals surface area (Å²) in [5.74, 6) is 1.44. The van der Waals surface area contributed by atoms with E-state index >= 15 is 0 Å². The Kier molecular flexibility index (Phi) is 5.11. The Balaban J connectivity index is 1.69. The lowest BCUT2D eigenvalue weighted by molar-refractivity contribution is 0.179. The fourth-order valence-corrected chi connectivity index (χ4v) is 3.61. The van der Waals surface area contributed by atoms with Crippen LogP contribution in [0.25, 0.3) is 11.0 Å². The zero-order chi connectivity index (χ0) is 17.1. The third-order valence-electron chi connectivity index (χ3n) is 4.14. The molecule has 24 heavy (non-hydrogen) atoms. The summed E-state index contributed by atoms with van der Waals surface area (Å²) < 4.78 is 7.37. The van der Waals surface area contributed by atoms with Crippen LogP contribution in [0.1, 0.15) is 11.1 Å². The minimum atomic E-state index is -0.459. The molecule has 0 aliphatic heterocycles. The van der Waals surface area contributed by atoms with Gasteiger partial charge in [-0.15, -0.1) is 11.8 Å². The van der Waals surface area contributed by atoms with Crippen LogP contribution in [0.4, 0.5) is 0 Å². The van der Waals surface area contributed by atoms with Crippen molar-refractivity contribution in [3.05, 3.63) is 53.9 Å². The standard InChI is InChI=1S/C19H22N2O2S/c1-13-8-16-17(9-14(13)2)21(12-20-16)10-15(22)11-24-19-7-5-4-6-18(19)23-3/h4-9,12,15,22H,10-11H2,1-3H3. The Bertz CT molecular complexity index is 844. The van der Waals surface area contributed by atoms with Crippen molar-refractivity contribution in [2.75, 3.05) is 12.9 Å². The maximum atomic E-state index is 10.4. The van der Waals surface area contributed by atoms with E-state index in [-0.39, 0.29) is 0 Å². The Morgan fingerprint density at radius 1 is 1.21 bits per heavy atom. The summed E-state index contributed by atoms with van der Waals surface area (Å²) in [4.78, 5) is 5.49. The molecule has 0 bridgehead atoms. The van der Waals surface area contributed by atoms with Gasteiger partial charge in [0.2, 0.25) is 0 Å². The highest BCUT2D eigenvalue weighted by molar-refractivity contribution is 7.99.